The van der Waals surface area contributed by atoms with E-state index in [1.54, 1.807) is 0 Å². The number of rotatable bonds is 5. The minimum atomic E-state index is -4.45. The first-order chi connectivity index (χ1) is 8.34. The van der Waals surface area contributed by atoms with E-state index in [2.05, 4.69) is 10.3 Å². The van der Waals surface area contributed by atoms with Gasteiger partial charge in [0.15, 0.2) is 0 Å². The molecule has 1 aromatic heterocycles. The van der Waals surface area contributed by atoms with Gasteiger partial charge in [-0.05, 0) is 19.7 Å². The first kappa shape index (κ1) is 14.6. The highest BCUT2D eigenvalue weighted by Gasteiger charge is 2.32. The maximum absolute atomic E-state index is 12.5. The number of nitrogens with two attached hydrogens (primary N) is 1. The number of hydrogen-bond acceptors (Lipinski definition) is 4. The molecule has 0 spiro atoms. The lowest BCUT2D eigenvalue weighted by Crippen LogP contribution is -2.25. The highest BCUT2D eigenvalue weighted by atomic mass is 19.4. The van der Waals surface area contributed by atoms with E-state index in [0.717, 1.165) is 25.4 Å². The average Bonchev–Trinajstić information content (AvgIpc) is 2.29. The van der Waals surface area contributed by atoms with E-state index < -0.39 is 11.9 Å². The third kappa shape index (κ3) is 4.06. The Hall–Kier alpha value is -1.50. The maximum atomic E-state index is 12.5. The first-order valence-electron chi connectivity index (χ1n) is 5.59. The Labute approximate surface area is 104 Å². The Morgan fingerprint density at radius 2 is 2.11 bits per heavy atom. The monoisotopic (exact) mass is 262 g/mol. The molecule has 0 aliphatic heterocycles. The van der Waals surface area contributed by atoms with Gasteiger partial charge >= 0.3 is 6.18 Å². The molecule has 1 heterocycles. The zero-order valence-corrected chi connectivity index (χ0v) is 10.4. The van der Waals surface area contributed by atoms with E-state index >= 15 is 0 Å². The van der Waals surface area contributed by atoms with E-state index in [9.17, 15) is 13.2 Å². The summed E-state index contributed by atoms with van der Waals surface area (Å²) in [5.74, 6) is 0. The van der Waals surface area contributed by atoms with E-state index in [-0.39, 0.29) is 11.4 Å². The molecule has 0 atom stereocenters. The molecular weight excluding hydrogens is 245 g/mol. The normalized spacial score (nSPS) is 11.9. The second-order valence-corrected chi connectivity index (χ2v) is 3.98. The predicted molar refractivity (Wildman–Crippen MR) is 65.3 cm³/mol. The average molecular weight is 262 g/mol. The third-order valence-corrected chi connectivity index (χ3v) is 2.57. The second-order valence-electron chi connectivity index (χ2n) is 3.98. The predicted octanol–water partition coefficient (Wildman–Crippen LogP) is 2.05. The lowest BCUT2D eigenvalue weighted by Gasteiger charge is -2.16. The third-order valence-electron chi connectivity index (χ3n) is 2.57. The molecule has 0 saturated heterocycles. The van der Waals surface area contributed by atoms with Gasteiger partial charge < -0.3 is 16.0 Å². The van der Waals surface area contributed by atoms with Crippen LogP contribution < -0.4 is 11.1 Å². The van der Waals surface area contributed by atoms with Crippen molar-refractivity contribution in [2.24, 2.45) is 0 Å². The van der Waals surface area contributed by atoms with E-state index in [4.69, 9.17) is 5.73 Å². The van der Waals surface area contributed by atoms with Gasteiger partial charge in [-0.1, -0.05) is 6.92 Å². The molecule has 0 bridgehead atoms. The van der Waals surface area contributed by atoms with Crippen molar-refractivity contribution in [3.8, 4) is 0 Å². The first-order valence-corrected chi connectivity index (χ1v) is 5.59. The van der Waals surface area contributed by atoms with Crippen molar-refractivity contribution in [2.45, 2.75) is 13.1 Å². The summed E-state index contributed by atoms with van der Waals surface area (Å²) < 4.78 is 37.4. The van der Waals surface area contributed by atoms with Crippen LogP contribution in [0.3, 0.4) is 0 Å². The van der Waals surface area contributed by atoms with E-state index in [0.29, 0.717) is 6.54 Å². The zero-order valence-electron chi connectivity index (χ0n) is 10.4. The SMILES string of the molecule is CCN(C)CCNc1cc(C(F)(F)F)ncc1N. The van der Waals surface area contributed by atoms with Crippen molar-refractivity contribution in [3.05, 3.63) is 18.0 Å². The van der Waals surface area contributed by atoms with Crippen LogP contribution in [-0.4, -0.2) is 36.6 Å². The Morgan fingerprint density at radius 1 is 1.44 bits per heavy atom. The summed E-state index contributed by atoms with van der Waals surface area (Å²) in [6.45, 7) is 4.12. The fourth-order valence-electron chi connectivity index (χ4n) is 1.31. The molecule has 7 heteroatoms. The molecule has 4 nitrogen and oxygen atoms in total. The molecule has 18 heavy (non-hydrogen) atoms. The molecule has 0 fully saturated rings. The standard InChI is InChI=1S/C11H17F3N4/c1-3-18(2)5-4-16-9-6-10(11(12,13)14)17-7-8(9)15/h6-7H,3-5,15H2,1-2H3,(H,16,17). The molecule has 102 valence electrons. The van der Waals surface area contributed by atoms with Gasteiger partial charge in [0.2, 0.25) is 0 Å². The lowest BCUT2D eigenvalue weighted by atomic mass is 10.2. The number of pyridine rings is 1. The number of nitrogen functional groups attached to an aromatic ring is 1. The summed E-state index contributed by atoms with van der Waals surface area (Å²) in [6, 6.07) is 0.932. The minimum absolute atomic E-state index is 0.210. The van der Waals surface area contributed by atoms with Crippen molar-refractivity contribution in [1.29, 1.82) is 0 Å². The number of anilines is 2. The molecule has 0 saturated carbocycles. The van der Waals surface area contributed by atoms with Gasteiger partial charge in [0.25, 0.3) is 0 Å². The highest BCUT2D eigenvalue weighted by Crippen LogP contribution is 2.30. The van der Waals surface area contributed by atoms with Gasteiger partial charge in [-0.2, -0.15) is 13.2 Å². The number of halogens is 3. The summed E-state index contributed by atoms with van der Waals surface area (Å²) in [5, 5.41) is 2.88. The number of aromatic nitrogens is 1. The van der Waals surface area contributed by atoms with E-state index in [1.165, 1.54) is 0 Å². The Morgan fingerprint density at radius 3 is 2.67 bits per heavy atom. The van der Waals surface area contributed by atoms with Crippen molar-refractivity contribution in [1.82, 2.24) is 9.88 Å². The van der Waals surface area contributed by atoms with Crippen LogP contribution in [0.4, 0.5) is 24.5 Å². The topological polar surface area (TPSA) is 54.2 Å². The van der Waals surface area contributed by atoms with Crippen molar-refractivity contribution in [2.75, 3.05) is 37.7 Å². The van der Waals surface area contributed by atoms with E-state index in [1.807, 2.05) is 18.9 Å². The number of hydrogen-bond donors (Lipinski definition) is 2. The van der Waals surface area contributed by atoms with Crippen LogP contribution in [0.15, 0.2) is 12.3 Å². The fraction of sp³-hybridized carbons (Fsp3) is 0.545. The minimum Gasteiger partial charge on any atom is -0.396 e. The Bertz CT molecular complexity index is 392. The van der Waals surface area contributed by atoms with Gasteiger partial charge in [0.05, 0.1) is 17.6 Å². The molecule has 0 aliphatic carbocycles. The van der Waals surface area contributed by atoms with Crippen LogP contribution >= 0.6 is 0 Å². The van der Waals surface area contributed by atoms with Gasteiger partial charge in [-0.3, -0.25) is 0 Å². The van der Waals surface area contributed by atoms with Crippen molar-refractivity contribution >= 4 is 11.4 Å². The smallest absolute Gasteiger partial charge is 0.396 e. The zero-order chi connectivity index (χ0) is 13.8. The Kier molecular flexibility index (Phi) is 4.77. The van der Waals surface area contributed by atoms with Gasteiger partial charge in [0, 0.05) is 13.1 Å². The number of nitrogens with zero attached hydrogens (tertiary/aromatic N) is 2. The molecule has 0 unspecified atom stereocenters. The summed E-state index contributed by atoms with van der Waals surface area (Å²) in [7, 11) is 1.93. The maximum Gasteiger partial charge on any atom is 0.433 e. The van der Waals surface area contributed by atoms with Crippen LogP contribution in [0, 0.1) is 0 Å². The molecule has 1 aromatic rings. The molecular formula is C11H17F3N4. The van der Waals surface area contributed by atoms with Crippen molar-refractivity contribution in [3.63, 3.8) is 0 Å². The molecule has 0 aromatic carbocycles. The highest BCUT2D eigenvalue weighted by molar-refractivity contribution is 5.65. The summed E-state index contributed by atoms with van der Waals surface area (Å²) in [5.41, 5.74) is 5.11. The van der Waals surface area contributed by atoms with Gasteiger partial charge in [-0.15, -0.1) is 0 Å². The quantitative estimate of drug-likeness (QED) is 0.852. The molecule has 0 aliphatic rings. The number of likely N-dealkylation sites (N-methyl/N-ethyl adjacent to an activating group) is 1. The largest absolute Gasteiger partial charge is 0.433 e. The Balaban J connectivity index is 2.70. The van der Waals surface area contributed by atoms with Crippen LogP contribution in [0.1, 0.15) is 12.6 Å². The fourth-order valence-corrected chi connectivity index (χ4v) is 1.31. The number of alkyl halides is 3. The van der Waals surface area contributed by atoms with Crippen molar-refractivity contribution < 1.29 is 13.2 Å². The summed E-state index contributed by atoms with van der Waals surface area (Å²) >= 11 is 0. The number of nitrogens with one attached hydrogen (secondary N) is 1. The second kappa shape index (κ2) is 5.90. The molecule has 0 radical (unpaired) electrons. The van der Waals surface area contributed by atoms with Crippen LogP contribution in [0.25, 0.3) is 0 Å². The van der Waals surface area contributed by atoms with Gasteiger partial charge in [-0.25, -0.2) is 4.98 Å². The lowest BCUT2D eigenvalue weighted by molar-refractivity contribution is -0.141. The molecule has 1 rings (SSSR count). The molecule has 3 N–H and O–H groups in total. The van der Waals surface area contributed by atoms with Crippen LogP contribution in [-0.2, 0) is 6.18 Å². The van der Waals surface area contributed by atoms with Gasteiger partial charge in [0.1, 0.15) is 5.69 Å². The summed E-state index contributed by atoms with van der Waals surface area (Å²) in [4.78, 5) is 5.31. The summed E-state index contributed by atoms with van der Waals surface area (Å²) in [6.07, 6.45) is -3.43. The molecule has 0 amide bonds. The van der Waals surface area contributed by atoms with Crippen LogP contribution in [0.2, 0.25) is 0 Å². The van der Waals surface area contributed by atoms with Crippen LogP contribution in [0.5, 0.6) is 0 Å².